The smallest absolute Gasteiger partial charge is 0.421 e. The van der Waals surface area contributed by atoms with Gasteiger partial charge in [-0.25, -0.2) is 17.9 Å². The molecule has 6 heteroatoms. The number of carbonyl (C=O) groups excluding carboxylic acids is 1. The molecule has 1 amide bonds. The fourth-order valence-corrected chi connectivity index (χ4v) is 1.94. The van der Waals surface area contributed by atoms with Crippen molar-refractivity contribution >= 4 is 16.1 Å². The Balaban J connectivity index is 2.78. The first-order chi connectivity index (χ1) is 7.95. The summed E-state index contributed by atoms with van der Waals surface area (Å²) in [5, 5.41) is 0. The first kappa shape index (κ1) is 13.2. The lowest BCUT2D eigenvalue weighted by atomic mass is 10.2. The second-order valence-electron chi connectivity index (χ2n) is 3.31. The zero-order chi connectivity index (χ0) is 12.9. The van der Waals surface area contributed by atoms with Gasteiger partial charge in [-0.15, -0.1) is 0 Å². The van der Waals surface area contributed by atoms with Gasteiger partial charge in [0.25, 0.3) is 10.0 Å². The first-order valence-corrected chi connectivity index (χ1v) is 6.31. The molecule has 92 valence electrons. The molecular formula is C11H13NO4S. The Hall–Kier alpha value is -1.82. The fourth-order valence-electron chi connectivity index (χ4n) is 1.05. The molecule has 0 saturated carbocycles. The van der Waals surface area contributed by atoms with Crippen LogP contribution in [0.5, 0.6) is 0 Å². The van der Waals surface area contributed by atoms with E-state index in [0.717, 1.165) is 5.56 Å². The Morgan fingerprint density at radius 1 is 1.41 bits per heavy atom. The van der Waals surface area contributed by atoms with Crippen molar-refractivity contribution in [3.05, 3.63) is 42.5 Å². The standard InChI is InChI=1S/C11H13NO4S/c1-3-8-16-11(13)12-17(14,15)10-6-4-9(2)5-7-10/h3-7H,1,8H2,2H3,(H,12,13). The lowest BCUT2D eigenvalue weighted by Crippen LogP contribution is -2.31. The van der Waals surface area contributed by atoms with E-state index in [0.29, 0.717) is 0 Å². The van der Waals surface area contributed by atoms with Crippen LogP contribution in [0.3, 0.4) is 0 Å². The van der Waals surface area contributed by atoms with Crippen molar-refractivity contribution in [2.24, 2.45) is 0 Å². The number of amides is 1. The maximum atomic E-state index is 11.7. The van der Waals surface area contributed by atoms with Gasteiger partial charge in [0, 0.05) is 0 Å². The van der Waals surface area contributed by atoms with Gasteiger partial charge in [-0.2, -0.15) is 0 Å². The molecule has 0 aliphatic heterocycles. The van der Waals surface area contributed by atoms with Crippen molar-refractivity contribution in [3.8, 4) is 0 Å². The van der Waals surface area contributed by atoms with Crippen molar-refractivity contribution in [2.45, 2.75) is 11.8 Å². The van der Waals surface area contributed by atoms with E-state index in [1.54, 1.807) is 16.9 Å². The quantitative estimate of drug-likeness (QED) is 0.829. The van der Waals surface area contributed by atoms with Crippen molar-refractivity contribution in [3.63, 3.8) is 0 Å². The zero-order valence-corrected chi connectivity index (χ0v) is 10.2. The average Bonchev–Trinajstić information content (AvgIpc) is 2.26. The number of carbonyl (C=O) groups is 1. The Labute approximate surface area is 100 Å². The van der Waals surface area contributed by atoms with E-state index in [9.17, 15) is 13.2 Å². The van der Waals surface area contributed by atoms with Crippen LogP contribution in [0.15, 0.2) is 41.8 Å². The number of hydrogen-bond donors (Lipinski definition) is 1. The summed E-state index contributed by atoms with van der Waals surface area (Å²) in [6.07, 6.45) is 0.323. The summed E-state index contributed by atoms with van der Waals surface area (Å²) in [5.74, 6) is 0. The monoisotopic (exact) mass is 255 g/mol. The summed E-state index contributed by atoms with van der Waals surface area (Å²) >= 11 is 0. The number of sulfonamides is 1. The van der Waals surface area contributed by atoms with E-state index in [-0.39, 0.29) is 11.5 Å². The molecule has 0 aliphatic carbocycles. The van der Waals surface area contributed by atoms with Crippen molar-refractivity contribution in [2.75, 3.05) is 6.61 Å². The van der Waals surface area contributed by atoms with Gasteiger partial charge < -0.3 is 4.74 Å². The lowest BCUT2D eigenvalue weighted by molar-refractivity contribution is 0.165. The Morgan fingerprint density at radius 2 is 2.00 bits per heavy atom. The molecule has 17 heavy (non-hydrogen) atoms. The molecule has 5 nitrogen and oxygen atoms in total. The van der Waals surface area contributed by atoms with Crippen LogP contribution in [0.4, 0.5) is 4.79 Å². The van der Waals surface area contributed by atoms with Crippen LogP contribution in [-0.4, -0.2) is 21.1 Å². The third-order valence-corrected chi connectivity index (χ3v) is 3.21. The first-order valence-electron chi connectivity index (χ1n) is 4.83. The molecule has 1 rings (SSSR count). The highest BCUT2D eigenvalue weighted by Gasteiger charge is 2.17. The van der Waals surface area contributed by atoms with Crippen LogP contribution in [0.1, 0.15) is 5.56 Å². The predicted octanol–water partition coefficient (Wildman–Crippen LogP) is 1.60. The van der Waals surface area contributed by atoms with E-state index in [1.165, 1.54) is 18.2 Å². The van der Waals surface area contributed by atoms with Gasteiger partial charge in [-0.05, 0) is 19.1 Å². The summed E-state index contributed by atoms with van der Waals surface area (Å²) in [6.45, 7) is 5.13. The summed E-state index contributed by atoms with van der Waals surface area (Å²) in [5.41, 5.74) is 0.929. The molecule has 1 N–H and O–H groups in total. The zero-order valence-electron chi connectivity index (χ0n) is 9.34. The van der Waals surface area contributed by atoms with Crippen LogP contribution in [0.2, 0.25) is 0 Å². The summed E-state index contributed by atoms with van der Waals surface area (Å²) in [6, 6.07) is 6.12. The van der Waals surface area contributed by atoms with Gasteiger partial charge in [0.2, 0.25) is 0 Å². The molecule has 0 aromatic heterocycles. The molecule has 0 saturated heterocycles. The van der Waals surface area contributed by atoms with Crippen LogP contribution in [0.25, 0.3) is 0 Å². The summed E-state index contributed by atoms with van der Waals surface area (Å²) < 4.78 is 29.7. The molecule has 0 aliphatic rings. The molecule has 0 spiro atoms. The van der Waals surface area contributed by atoms with Crippen LogP contribution < -0.4 is 4.72 Å². The Kier molecular flexibility index (Phi) is 4.28. The number of benzene rings is 1. The van der Waals surface area contributed by atoms with Gasteiger partial charge in [0.05, 0.1) is 4.90 Å². The second-order valence-corrected chi connectivity index (χ2v) is 4.99. The number of ether oxygens (including phenoxy) is 1. The van der Waals surface area contributed by atoms with E-state index < -0.39 is 16.1 Å². The second kappa shape index (κ2) is 5.49. The van der Waals surface area contributed by atoms with E-state index in [1.807, 2.05) is 6.92 Å². The van der Waals surface area contributed by atoms with Crippen molar-refractivity contribution in [1.29, 1.82) is 0 Å². The molecule has 0 heterocycles. The van der Waals surface area contributed by atoms with E-state index in [2.05, 4.69) is 11.3 Å². The molecule has 0 fully saturated rings. The predicted molar refractivity (Wildman–Crippen MR) is 63.0 cm³/mol. The van der Waals surface area contributed by atoms with Gasteiger partial charge in [0.1, 0.15) is 6.61 Å². The minimum atomic E-state index is -3.87. The van der Waals surface area contributed by atoms with Crippen molar-refractivity contribution < 1.29 is 17.9 Å². The topological polar surface area (TPSA) is 72.5 Å². The lowest BCUT2D eigenvalue weighted by Gasteiger charge is -2.06. The third kappa shape index (κ3) is 3.92. The number of rotatable bonds is 4. The molecule has 1 aromatic carbocycles. The van der Waals surface area contributed by atoms with Gasteiger partial charge in [-0.1, -0.05) is 30.4 Å². The van der Waals surface area contributed by atoms with Crippen molar-refractivity contribution in [1.82, 2.24) is 4.72 Å². The summed E-state index contributed by atoms with van der Waals surface area (Å²) in [7, 11) is -3.87. The highest BCUT2D eigenvalue weighted by Crippen LogP contribution is 2.09. The average molecular weight is 255 g/mol. The van der Waals surface area contributed by atoms with Gasteiger partial charge in [-0.3, -0.25) is 0 Å². The molecule has 0 atom stereocenters. The van der Waals surface area contributed by atoms with Crippen LogP contribution in [-0.2, 0) is 14.8 Å². The SMILES string of the molecule is C=CCOC(=O)NS(=O)(=O)c1ccc(C)cc1. The minimum absolute atomic E-state index is 0.0126. The summed E-state index contributed by atoms with van der Waals surface area (Å²) in [4.78, 5) is 11.1. The van der Waals surface area contributed by atoms with E-state index in [4.69, 9.17) is 0 Å². The van der Waals surface area contributed by atoms with Gasteiger partial charge >= 0.3 is 6.09 Å². The van der Waals surface area contributed by atoms with E-state index >= 15 is 0 Å². The molecular weight excluding hydrogens is 242 g/mol. The fraction of sp³-hybridized carbons (Fsp3) is 0.182. The minimum Gasteiger partial charge on any atom is -0.445 e. The molecule has 0 unspecified atom stereocenters. The highest BCUT2D eigenvalue weighted by molar-refractivity contribution is 7.90. The van der Waals surface area contributed by atoms with Crippen LogP contribution in [0, 0.1) is 6.92 Å². The van der Waals surface area contributed by atoms with Gasteiger partial charge in [0.15, 0.2) is 0 Å². The molecule has 0 bridgehead atoms. The molecule has 1 aromatic rings. The Bertz CT molecular complexity index is 505. The molecule has 0 radical (unpaired) electrons. The number of aryl methyl sites for hydroxylation is 1. The Morgan fingerprint density at radius 3 is 2.53 bits per heavy atom. The normalized spacial score (nSPS) is 10.6. The maximum Gasteiger partial charge on any atom is 0.421 e. The van der Waals surface area contributed by atoms with Crippen LogP contribution >= 0.6 is 0 Å². The number of hydrogen-bond acceptors (Lipinski definition) is 4. The largest absolute Gasteiger partial charge is 0.445 e. The third-order valence-electron chi connectivity index (χ3n) is 1.88. The maximum absolute atomic E-state index is 11.7. The number of nitrogens with one attached hydrogen (secondary N) is 1. The highest BCUT2D eigenvalue weighted by atomic mass is 32.2.